The van der Waals surface area contributed by atoms with Crippen LogP contribution in [0.1, 0.15) is 28.8 Å². The van der Waals surface area contributed by atoms with Crippen LogP contribution < -0.4 is 5.32 Å². The molecule has 5 heteroatoms. The number of carbonyl (C=O) groups excluding carboxylic acids is 2. The van der Waals surface area contributed by atoms with Gasteiger partial charge < -0.3 is 10.2 Å². The first-order chi connectivity index (χ1) is 12.1. The van der Waals surface area contributed by atoms with E-state index >= 15 is 0 Å². The molecular formula is C20H21ClN2O2. The number of benzene rings is 2. The van der Waals surface area contributed by atoms with E-state index in [0.717, 1.165) is 5.56 Å². The van der Waals surface area contributed by atoms with Crippen molar-refractivity contribution in [1.82, 2.24) is 10.2 Å². The van der Waals surface area contributed by atoms with E-state index in [-0.39, 0.29) is 17.7 Å². The van der Waals surface area contributed by atoms with Crippen LogP contribution >= 0.6 is 11.6 Å². The van der Waals surface area contributed by atoms with Crippen LogP contribution in [0.25, 0.3) is 0 Å². The summed E-state index contributed by atoms with van der Waals surface area (Å²) in [5.41, 5.74) is 1.72. The maximum atomic E-state index is 12.4. The summed E-state index contributed by atoms with van der Waals surface area (Å²) in [4.78, 5) is 26.6. The Morgan fingerprint density at radius 1 is 1.00 bits per heavy atom. The molecule has 0 atom stereocenters. The number of nitrogens with zero attached hydrogens (tertiary/aromatic N) is 1. The number of halogens is 1. The molecule has 130 valence electrons. The highest BCUT2D eigenvalue weighted by molar-refractivity contribution is 6.30. The largest absolute Gasteiger partial charge is 0.352 e. The Labute approximate surface area is 152 Å². The topological polar surface area (TPSA) is 49.4 Å². The van der Waals surface area contributed by atoms with Crippen LogP contribution in [0.15, 0.2) is 54.6 Å². The molecule has 0 aliphatic carbocycles. The molecule has 25 heavy (non-hydrogen) atoms. The average molecular weight is 357 g/mol. The standard InChI is InChI=1S/C20H21ClN2O2/c21-18-8-6-15(7-9-18)14-22-19(24)16-10-12-23(13-11-16)20(25)17-4-2-1-3-5-17/h1-9,16H,10-14H2,(H,22,24). The van der Waals surface area contributed by atoms with Gasteiger partial charge in [0.1, 0.15) is 0 Å². The molecular weight excluding hydrogens is 336 g/mol. The fourth-order valence-electron chi connectivity index (χ4n) is 3.04. The van der Waals surface area contributed by atoms with Gasteiger partial charge in [-0.3, -0.25) is 9.59 Å². The molecule has 1 N–H and O–H groups in total. The van der Waals surface area contributed by atoms with Crippen molar-refractivity contribution < 1.29 is 9.59 Å². The summed E-state index contributed by atoms with van der Waals surface area (Å²) < 4.78 is 0. The zero-order valence-corrected chi connectivity index (χ0v) is 14.7. The molecule has 1 heterocycles. The summed E-state index contributed by atoms with van der Waals surface area (Å²) >= 11 is 5.86. The number of hydrogen-bond donors (Lipinski definition) is 1. The molecule has 2 amide bonds. The van der Waals surface area contributed by atoms with Gasteiger partial charge in [-0.1, -0.05) is 41.9 Å². The van der Waals surface area contributed by atoms with E-state index in [2.05, 4.69) is 5.32 Å². The van der Waals surface area contributed by atoms with Crippen molar-refractivity contribution in [3.63, 3.8) is 0 Å². The molecule has 0 spiro atoms. The molecule has 0 bridgehead atoms. The van der Waals surface area contributed by atoms with Crippen LogP contribution in [0.2, 0.25) is 5.02 Å². The number of amides is 2. The molecule has 0 radical (unpaired) electrons. The molecule has 0 aromatic heterocycles. The highest BCUT2D eigenvalue weighted by Crippen LogP contribution is 2.19. The van der Waals surface area contributed by atoms with Gasteiger partial charge in [0.05, 0.1) is 0 Å². The van der Waals surface area contributed by atoms with Gasteiger partial charge in [-0.05, 0) is 42.7 Å². The lowest BCUT2D eigenvalue weighted by Crippen LogP contribution is -2.42. The molecule has 2 aromatic carbocycles. The van der Waals surface area contributed by atoms with Gasteiger partial charge in [-0.25, -0.2) is 0 Å². The lowest BCUT2D eigenvalue weighted by Gasteiger charge is -2.31. The number of rotatable bonds is 4. The Hall–Kier alpha value is -2.33. The van der Waals surface area contributed by atoms with Gasteiger partial charge in [0.15, 0.2) is 0 Å². The van der Waals surface area contributed by atoms with Crippen molar-refractivity contribution in [2.45, 2.75) is 19.4 Å². The zero-order valence-electron chi connectivity index (χ0n) is 14.0. The van der Waals surface area contributed by atoms with E-state index < -0.39 is 0 Å². The van der Waals surface area contributed by atoms with Crippen LogP contribution in [0.5, 0.6) is 0 Å². The molecule has 3 rings (SSSR count). The Morgan fingerprint density at radius 3 is 2.28 bits per heavy atom. The van der Waals surface area contributed by atoms with Gasteiger partial charge in [0, 0.05) is 36.1 Å². The normalized spacial score (nSPS) is 15.0. The van der Waals surface area contributed by atoms with E-state index in [1.807, 2.05) is 59.5 Å². The van der Waals surface area contributed by atoms with E-state index in [9.17, 15) is 9.59 Å². The zero-order chi connectivity index (χ0) is 17.6. The Bertz CT molecular complexity index is 723. The predicted octanol–water partition coefficient (Wildman–Crippen LogP) is 3.51. The highest BCUT2D eigenvalue weighted by atomic mass is 35.5. The number of nitrogens with one attached hydrogen (secondary N) is 1. The summed E-state index contributed by atoms with van der Waals surface area (Å²) in [5, 5.41) is 3.66. The van der Waals surface area contributed by atoms with Crippen LogP contribution in [0, 0.1) is 5.92 Å². The highest BCUT2D eigenvalue weighted by Gasteiger charge is 2.27. The van der Waals surface area contributed by atoms with Gasteiger partial charge in [-0.2, -0.15) is 0 Å². The second-order valence-corrected chi connectivity index (χ2v) is 6.71. The molecule has 1 aliphatic rings. The van der Waals surface area contributed by atoms with Crippen molar-refractivity contribution in [2.24, 2.45) is 5.92 Å². The minimum Gasteiger partial charge on any atom is -0.352 e. The fraction of sp³-hybridized carbons (Fsp3) is 0.300. The smallest absolute Gasteiger partial charge is 0.253 e. The third-order valence-corrected chi connectivity index (χ3v) is 4.81. The molecule has 1 fully saturated rings. The van der Waals surface area contributed by atoms with E-state index in [0.29, 0.717) is 43.1 Å². The van der Waals surface area contributed by atoms with E-state index in [1.165, 1.54) is 0 Å². The second kappa shape index (κ2) is 8.17. The fourth-order valence-corrected chi connectivity index (χ4v) is 3.17. The summed E-state index contributed by atoms with van der Waals surface area (Å²) in [7, 11) is 0. The first-order valence-corrected chi connectivity index (χ1v) is 8.88. The van der Waals surface area contributed by atoms with Crippen LogP contribution in [-0.4, -0.2) is 29.8 Å². The van der Waals surface area contributed by atoms with Crippen molar-refractivity contribution >= 4 is 23.4 Å². The van der Waals surface area contributed by atoms with E-state index in [4.69, 9.17) is 11.6 Å². The van der Waals surface area contributed by atoms with Crippen LogP contribution in [0.4, 0.5) is 0 Å². The Kier molecular flexibility index (Phi) is 5.71. The van der Waals surface area contributed by atoms with E-state index in [1.54, 1.807) is 0 Å². The molecule has 1 saturated heterocycles. The maximum Gasteiger partial charge on any atom is 0.253 e. The lowest BCUT2D eigenvalue weighted by molar-refractivity contribution is -0.126. The third kappa shape index (κ3) is 4.60. The number of hydrogen-bond acceptors (Lipinski definition) is 2. The summed E-state index contributed by atoms with van der Waals surface area (Å²) in [6.45, 7) is 1.73. The molecule has 4 nitrogen and oxygen atoms in total. The quantitative estimate of drug-likeness (QED) is 0.911. The first-order valence-electron chi connectivity index (χ1n) is 8.50. The van der Waals surface area contributed by atoms with Crippen molar-refractivity contribution in [3.8, 4) is 0 Å². The molecule has 0 unspecified atom stereocenters. The second-order valence-electron chi connectivity index (χ2n) is 6.28. The maximum absolute atomic E-state index is 12.4. The number of likely N-dealkylation sites (tertiary alicyclic amines) is 1. The SMILES string of the molecule is O=C(NCc1ccc(Cl)cc1)C1CCN(C(=O)c2ccccc2)CC1. The average Bonchev–Trinajstić information content (AvgIpc) is 2.67. The summed E-state index contributed by atoms with van der Waals surface area (Å²) in [6.07, 6.45) is 1.40. The van der Waals surface area contributed by atoms with Crippen molar-refractivity contribution in [2.75, 3.05) is 13.1 Å². The summed E-state index contributed by atoms with van der Waals surface area (Å²) in [6, 6.07) is 16.7. The van der Waals surface area contributed by atoms with Gasteiger partial charge in [-0.15, -0.1) is 0 Å². The third-order valence-electron chi connectivity index (χ3n) is 4.55. The molecule has 0 saturated carbocycles. The lowest BCUT2D eigenvalue weighted by atomic mass is 9.95. The van der Waals surface area contributed by atoms with Gasteiger partial charge in [0.2, 0.25) is 5.91 Å². The monoisotopic (exact) mass is 356 g/mol. The van der Waals surface area contributed by atoms with Crippen molar-refractivity contribution in [3.05, 3.63) is 70.7 Å². The van der Waals surface area contributed by atoms with Crippen LogP contribution in [-0.2, 0) is 11.3 Å². The predicted molar refractivity (Wildman–Crippen MR) is 98.4 cm³/mol. The summed E-state index contributed by atoms with van der Waals surface area (Å²) in [5.74, 6) is 0.0644. The number of piperidine rings is 1. The minimum absolute atomic E-state index is 0.0351. The van der Waals surface area contributed by atoms with Gasteiger partial charge >= 0.3 is 0 Å². The number of carbonyl (C=O) groups is 2. The molecule has 2 aromatic rings. The minimum atomic E-state index is -0.0351. The first kappa shape index (κ1) is 17.5. The van der Waals surface area contributed by atoms with Crippen LogP contribution in [0.3, 0.4) is 0 Å². The Balaban J connectivity index is 1.47. The molecule has 1 aliphatic heterocycles. The van der Waals surface area contributed by atoms with Gasteiger partial charge in [0.25, 0.3) is 5.91 Å². The Morgan fingerprint density at radius 2 is 1.64 bits per heavy atom. The van der Waals surface area contributed by atoms with Crippen molar-refractivity contribution in [1.29, 1.82) is 0 Å².